The summed E-state index contributed by atoms with van der Waals surface area (Å²) in [5.74, 6) is 0.680. The van der Waals surface area contributed by atoms with Crippen LogP contribution < -0.4 is 11.5 Å². The van der Waals surface area contributed by atoms with E-state index in [1.165, 1.54) is 0 Å². The number of primary amides is 1. The second-order valence-corrected chi connectivity index (χ2v) is 4.73. The Morgan fingerprint density at radius 3 is 2.07 bits per heavy atom. The van der Waals surface area contributed by atoms with E-state index in [0.29, 0.717) is 31.0 Å². The average Bonchev–Trinajstić information content (AvgIpc) is 2.10. The highest BCUT2D eigenvalue weighted by Crippen LogP contribution is 2.12. The van der Waals surface area contributed by atoms with Crippen molar-refractivity contribution in [1.29, 1.82) is 0 Å². The van der Waals surface area contributed by atoms with Gasteiger partial charge in [-0.3, -0.25) is 9.69 Å². The molecule has 0 radical (unpaired) electrons. The van der Waals surface area contributed by atoms with Gasteiger partial charge >= 0.3 is 0 Å². The Balaban J connectivity index is 4.31. The van der Waals surface area contributed by atoms with Crippen LogP contribution in [0.4, 0.5) is 0 Å². The lowest BCUT2D eigenvalue weighted by Crippen LogP contribution is -2.43. The first-order valence-corrected chi connectivity index (χ1v) is 5.60. The first-order chi connectivity index (χ1) is 6.88. The molecule has 4 N–H and O–H groups in total. The Bertz CT molecular complexity index is 192. The van der Waals surface area contributed by atoms with Crippen LogP contribution in [-0.2, 0) is 4.79 Å². The van der Waals surface area contributed by atoms with E-state index < -0.39 is 0 Å². The Hall–Kier alpha value is -0.610. The Morgan fingerprint density at radius 2 is 1.80 bits per heavy atom. The van der Waals surface area contributed by atoms with Crippen LogP contribution in [-0.4, -0.2) is 36.5 Å². The van der Waals surface area contributed by atoms with Gasteiger partial charge in [0.1, 0.15) is 0 Å². The Morgan fingerprint density at radius 1 is 1.27 bits per heavy atom. The number of carbonyl (C=O) groups excluding carboxylic acids is 1. The van der Waals surface area contributed by atoms with Crippen LogP contribution in [0.5, 0.6) is 0 Å². The Kier molecular flexibility index (Phi) is 6.52. The SMILES string of the molecule is CC(C)C(CN)CN(CC(N)=O)C(C)C. The van der Waals surface area contributed by atoms with Gasteiger partial charge in [0.05, 0.1) is 6.54 Å². The zero-order valence-electron chi connectivity index (χ0n) is 10.4. The van der Waals surface area contributed by atoms with E-state index in [-0.39, 0.29) is 5.91 Å². The molecule has 1 unspecified atom stereocenters. The van der Waals surface area contributed by atoms with Crippen molar-refractivity contribution in [2.45, 2.75) is 33.7 Å². The van der Waals surface area contributed by atoms with Crippen molar-refractivity contribution in [2.75, 3.05) is 19.6 Å². The van der Waals surface area contributed by atoms with Gasteiger partial charge in [0.2, 0.25) is 5.91 Å². The van der Waals surface area contributed by atoms with Crippen molar-refractivity contribution in [3.63, 3.8) is 0 Å². The quantitative estimate of drug-likeness (QED) is 0.646. The summed E-state index contributed by atoms with van der Waals surface area (Å²) >= 11 is 0. The molecule has 0 aromatic rings. The molecule has 0 bridgehead atoms. The lowest BCUT2D eigenvalue weighted by molar-refractivity contribution is -0.119. The summed E-state index contributed by atoms with van der Waals surface area (Å²) in [6.07, 6.45) is 0. The molecule has 4 nitrogen and oxygen atoms in total. The molecule has 0 aliphatic rings. The van der Waals surface area contributed by atoms with Gasteiger partial charge in [0.15, 0.2) is 0 Å². The zero-order valence-corrected chi connectivity index (χ0v) is 10.4. The minimum absolute atomic E-state index is 0.275. The fourth-order valence-corrected chi connectivity index (χ4v) is 1.52. The molecule has 0 rings (SSSR count). The minimum atomic E-state index is -0.275. The smallest absolute Gasteiger partial charge is 0.231 e. The maximum atomic E-state index is 10.9. The van der Waals surface area contributed by atoms with Crippen molar-refractivity contribution >= 4 is 5.91 Å². The van der Waals surface area contributed by atoms with Crippen LogP contribution in [0, 0.1) is 11.8 Å². The predicted octanol–water partition coefficient (Wildman–Crippen LogP) is 0.413. The number of carbonyl (C=O) groups is 1. The molecule has 0 aromatic heterocycles. The van der Waals surface area contributed by atoms with E-state index >= 15 is 0 Å². The van der Waals surface area contributed by atoms with Crippen LogP contribution in [0.1, 0.15) is 27.7 Å². The number of amides is 1. The van der Waals surface area contributed by atoms with Crippen molar-refractivity contribution in [3.8, 4) is 0 Å². The monoisotopic (exact) mass is 215 g/mol. The summed E-state index contributed by atoms with van der Waals surface area (Å²) in [4.78, 5) is 13.0. The third kappa shape index (κ3) is 5.74. The highest BCUT2D eigenvalue weighted by molar-refractivity contribution is 5.75. The van der Waals surface area contributed by atoms with Crippen LogP contribution in [0.2, 0.25) is 0 Å². The van der Waals surface area contributed by atoms with Gasteiger partial charge in [0, 0.05) is 12.6 Å². The van der Waals surface area contributed by atoms with Gasteiger partial charge in [-0.05, 0) is 32.2 Å². The number of nitrogens with zero attached hydrogens (tertiary/aromatic N) is 1. The Labute approximate surface area is 93.0 Å². The molecule has 0 fully saturated rings. The standard InChI is InChI=1S/C11H25N3O/c1-8(2)10(5-12)6-14(9(3)4)7-11(13)15/h8-10H,5-7,12H2,1-4H3,(H2,13,15). The molecule has 1 amide bonds. The average molecular weight is 215 g/mol. The van der Waals surface area contributed by atoms with Gasteiger partial charge in [-0.25, -0.2) is 0 Å². The number of nitrogens with two attached hydrogens (primary N) is 2. The molecular weight excluding hydrogens is 190 g/mol. The lowest BCUT2D eigenvalue weighted by Gasteiger charge is -2.30. The normalized spacial score (nSPS) is 13.9. The molecular formula is C11H25N3O. The highest BCUT2D eigenvalue weighted by atomic mass is 16.1. The molecule has 0 saturated carbocycles. The number of hydrogen-bond donors (Lipinski definition) is 2. The first-order valence-electron chi connectivity index (χ1n) is 5.60. The minimum Gasteiger partial charge on any atom is -0.369 e. The summed E-state index contributed by atoms with van der Waals surface area (Å²) in [6.45, 7) is 10.3. The van der Waals surface area contributed by atoms with E-state index in [1.807, 2.05) is 0 Å². The molecule has 0 saturated heterocycles. The van der Waals surface area contributed by atoms with E-state index in [0.717, 1.165) is 6.54 Å². The molecule has 0 aromatic carbocycles. The topological polar surface area (TPSA) is 72.3 Å². The lowest BCUT2D eigenvalue weighted by atomic mass is 9.95. The molecule has 0 spiro atoms. The highest BCUT2D eigenvalue weighted by Gasteiger charge is 2.19. The summed E-state index contributed by atoms with van der Waals surface area (Å²) < 4.78 is 0. The van der Waals surface area contributed by atoms with E-state index in [9.17, 15) is 4.79 Å². The van der Waals surface area contributed by atoms with Crippen LogP contribution in [0.25, 0.3) is 0 Å². The van der Waals surface area contributed by atoms with Gasteiger partial charge in [-0.1, -0.05) is 13.8 Å². The summed E-state index contributed by atoms with van der Waals surface area (Å²) in [5, 5.41) is 0. The van der Waals surface area contributed by atoms with Gasteiger partial charge in [-0.2, -0.15) is 0 Å². The van der Waals surface area contributed by atoms with E-state index in [1.54, 1.807) is 0 Å². The van der Waals surface area contributed by atoms with Gasteiger partial charge in [0.25, 0.3) is 0 Å². The molecule has 4 heteroatoms. The largest absolute Gasteiger partial charge is 0.369 e. The third-order valence-electron chi connectivity index (χ3n) is 2.80. The van der Waals surface area contributed by atoms with Crippen molar-refractivity contribution < 1.29 is 4.79 Å². The van der Waals surface area contributed by atoms with Gasteiger partial charge in [-0.15, -0.1) is 0 Å². The zero-order chi connectivity index (χ0) is 12.0. The second kappa shape index (κ2) is 6.80. The fraction of sp³-hybridized carbons (Fsp3) is 0.909. The summed E-state index contributed by atoms with van der Waals surface area (Å²) in [6, 6.07) is 0.324. The van der Waals surface area contributed by atoms with Crippen LogP contribution >= 0.6 is 0 Å². The van der Waals surface area contributed by atoms with Crippen LogP contribution in [0.3, 0.4) is 0 Å². The number of rotatable bonds is 7. The van der Waals surface area contributed by atoms with Crippen molar-refractivity contribution in [3.05, 3.63) is 0 Å². The molecule has 90 valence electrons. The number of hydrogen-bond acceptors (Lipinski definition) is 3. The summed E-state index contributed by atoms with van der Waals surface area (Å²) in [5.41, 5.74) is 10.9. The second-order valence-electron chi connectivity index (χ2n) is 4.73. The van der Waals surface area contributed by atoms with Crippen LogP contribution in [0.15, 0.2) is 0 Å². The molecule has 0 heterocycles. The third-order valence-corrected chi connectivity index (χ3v) is 2.80. The van der Waals surface area contributed by atoms with Gasteiger partial charge < -0.3 is 11.5 Å². The predicted molar refractivity (Wildman–Crippen MR) is 63.3 cm³/mol. The molecule has 15 heavy (non-hydrogen) atoms. The molecule has 0 aliphatic carbocycles. The van der Waals surface area contributed by atoms with Crippen molar-refractivity contribution in [1.82, 2.24) is 4.90 Å². The summed E-state index contributed by atoms with van der Waals surface area (Å²) in [7, 11) is 0. The maximum Gasteiger partial charge on any atom is 0.231 e. The maximum absolute atomic E-state index is 10.9. The van der Waals surface area contributed by atoms with Crippen molar-refractivity contribution in [2.24, 2.45) is 23.3 Å². The molecule has 0 aliphatic heterocycles. The molecule has 1 atom stereocenters. The van der Waals surface area contributed by atoms with E-state index in [2.05, 4.69) is 32.6 Å². The fourth-order valence-electron chi connectivity index (χ4n) is 1.52. The van der Waals surface area contributed by atoms with E-state index in [4.69, 9.17) is 11.5 Å². The first kappa shape index (κ1) is 14.4.